The van der Waals surface area contributed by atoms with E-state index in [4.69, 9.17) is 4.74 Å². The first-order valence-corrected chi connectivity index (χ1v) is 9.96. The van der Waals surface area contributed by atoms with E-state index in [-0.39, 0.29) is 23.1 Å². The molecule has 1 atom stereocenters. The SMILES string of the molecule is COc1cccc(C(CNC(=O)c2[nH]c3c(c2C)C(=O)CC(C)(C)C3)N(C)C)c1. The summed E-state index contributed by atoms with van der Waals surface area (Å²) < 4.78 is 5.33. The Hall–Kier alpha value is -2.60. The fraction of sp³-hybridized carbons (Fsp3) is 0.478. The Labute approximate surface area is 172 Å². The normalized spacial score (nSPS) is 16.4. The predicted molar refractivity (Wildman–Crippen MR) is 114 cm³/mol. The number of fused-ring (bicyclic) bond motifs is 1. The maximum Gasteiger partial charge on any atom is 0.268 e. The Morgan fingerprint density at radius 2 is 2.03 bits per heavy atom. The number of likely N-dealkylation sites (N-methyl/N-ethyl adjacent to an activating group) is 1. The molecular formula is C23H31N3O3. The van der Waals surface area contributed by atoms with Gasteiger partial charge in [0.15, 0.2) is 5.78 Å². The monoisotopic (exact) mass is 397 g/mol. The van der Waals surface area contributed by atoms with Crippen LogP contribution in [0.4, 0.5) is 0 Å². The molecule has 0 aliphatic heterocycles. The number of carbonyl (C=O) groups excluding carboxylic acids is 2. The number of amides is 1. The third-order valence-corrected chi connectivity index (χ3v) is 5.69. The number of ether oxygens (including phenoxy) is 1. The molecule has 1 aliphatic carbocycles. The molecule has 2 aromatic rings. The van der Waals surface area contributed by atoms with Crippen LogP contribution in [0.3, 0.4) is 0 Å². The Morgan fingerprint density at radius 1 is 1.31 bits per heavy atom. The number of hydrogen-bond donors (Lipinski definition) is 2. The maximum atomic E-state index is 12.9. The highest BCUT2D eigenvalue weighted by molar-refractivity contribution is 6.04. The van der Waals surface area contributed by atoms with Gasteiger partial charge in [0.1, 0.15) is 11.4 Å². The summed E-state index contributed by atoms with van der Waals surface area (Å²) in [6.07, 6.45) is 1.28. The molecule has 29 heavy (non-hydrogen) atoms. The molecule has 0 radical (unpaired) electrons. The first-order chi connectivity index (χ1) is 13.6. The minimum atomic E-state index is -0.183. The predicted octanol–water partition coefficient (Wildman–Crippen LogP) is 3.52. The second kappa shape index (κ2) is 8.03. The first kappa shape index (κ1) is 21.1. The first-order valence-electron chi connectivity index (χ1n) is 9.96. The average Bonchev–Trinajstić information content (AvgIpc) is 2.97. The smallest absolute Gasteiger partial charge is 0.268 e. The summed E-state index contributed by atoms with van der Waals surface area (Å²) in [7, 11) is 5.61. The maximum absolute atomic E-state index is 12.9. The Bertz CT molecular complexity index is 927. The number of methoxy groups -OCH3 is 1. The molecule has 1 aliphatic rings. The van der Waals surface area contributed by atoms with Gasteiger partial charge < -0.3 is 19.9 Å². The van der Waals surface area contributed by atoms with Crippen molar-refractivity contribution in [2.24, 2.45) is 5.41 Å². The van der Waals surface area contributed by atoms with E-state index in [1.807, 2.05) is 45.3 Å². The summed E-state index contributed by atoms with van der Waals surface area (Å²) in [4.78, 5) is 30.8. The molecular weight excluding hydrogens is 366 g/mol. The number of H-pyrrole nitrogens is 1. The van der Waals surface area contributed by atoms with Gasteiger partial charge in [-0.15, -0.1) is 0 Å². The minimum Gasteiger partial charge on any atom is -0.497 e. The summed E-state index contributed by atoms with van der Waals surface area (Å²) in [6.45, 7) is 6.46. The molecule has 0 fully saturated rings. The van der Waals surface area contributed by atoms with Crippen LogP contribution < -0.4 is 10.1 Å². The number of ketones is 1. The molecule has 2 N–H and O–H groups in total. The van der Waals surface area contributed by atoms with Gasteiger partial charge >= 0.3 is 0 Å². The summed E-state index contributed by atoms with van der Waals surface area (Å²) in [6, 6.07) is 7.86. The summed E-state index contributed by atoms with van der Waals surface area (Å²) >= 11 is 0. The molecule has 1 unspecified atom stereocenters. The van der Waals surface area contributed by atoms with Gasteiger partial charge in [-0.3, -0.25) is 9.59 Å². The number of Topliss-reactive ketones (excluding diaryl/α,β-unsaturated/α-hetero) is 1. The van der Waals surface area contributed by atoms with Gasteiger partial charge in [-0.25, -0.2) is 0 Å². The molecule has 156 valence electrons. The van der Waals surface area contributed by atoms with Crippen molar-refractivity contribution in [3.05, 3.63) is 52.3 Å². The molecule has 1 aromatic heterocycles. The molecule has 1 amide bonds. The third-order valence-electron chi connectivity index (χ3n) is 5.69. The Morgan fingerprint density at radius 3 is 2.69 bits per heavy atom. The summed E-state index contributed by atoms with van der Waals surface area (Å²) in [5.74, 6) is 0.721. The molecule has 3 rings (SSSR count). The van der Waals surface area contributed by atoms with Crippen LogP contribution in [0.25, 0.3) is 0 Å². The van der Waals surface area contributed by atoms with Crippen molar-refractivity contribution < 1.29 is 14.3 Å². The fourth-order valence-electron chi connectivity index (χ4n) is 4.18. The lowest BCUT2D eigenvalue weighted by atomic mass is 9.75. The lowest BCUT2D eigenvalue weighted by Crippen LogP contribution is -2.35. The van der Waals surface area contributed by atoms with Crippen LogP contribution in [0.1, 0.15) is 64.0 Å². The number of aromatic nitrogens is 1. The van der Waals surface area contributed by atoms with Crippen molar-refractivity contribution >= 4 is 11.7 Å². The van der Waals surface area contributed by atoms with E-state index >= 15 is 0 Å². The lowest BCUT2D eigenvalue weighted by molar-refractivity contribution is 0.0909. The van der Waals surface area contributed by atoms with Crippen LogP contribution in [0.2, 0.25) is 0 Å². The van der Waals surface area contributed by atoms with E-state index in [1.54, 1.807) is 7.11 Å². The molecule has 1 aromatic carbocycles. The number of carbonyl (C=O) groups is 2. The molecule has 0 spiro atoms. The van der Waals surface area contributed by atoms with Gasteiger partial charge in [-0.2, -0.15) is 0 Å². The van der Waals surface area contributed by atoms with Crippen LogP contribution in [0.15, 0.2) is 24.3 Å². The highest BCUT2D eigenvalue weighted by atomic mass is 16.5. The second-order valence-corrected chi connectivity index (χ2v) is 8.89. The van der Waals surface area contributed by atoms with E-state index < -0.39 is 0 Å². The van der Waals surface area contributed by atoms with Crippen LogP contribution in [0, 0.1) is 12.3 Å². The third kappa shape index (κ3) is 4.37. The van der Waals surface area contributed by atoms with Crippen LogP contribution in [-0.2, 0) is 6.42 Å². The molecule has 0 bridgehead atoms. The van der Waals surface area contributed by atoms with E-state index in [1.165, 1.54) is 0 Å². The van der Waals surface area contributed by atoms with E-state index in [0.29, 0.717) is 24.2 Å². The van der Waals surface area contributed by atoms with Crippen molar-refractivity contribution in [2.45, 2.75) is 39.7 Å². The Kier molecular flexibility index (Phi) is 5.85. The molecule has 0 saturated heterocycles. The largest absolute Gasteiger partial charge is 0.497 e. The number of rotatable bonds is 6. The van der Waals surface area contributed by atoms with Crippen LogP contribution in [0.5, 0.6) is 5.75 Å². The zero-order chi connectivity index (χ0) is 21.3. The number of nitrogens with one attached hydrogen (secondary N) is 2. The van der Waals surface area contributed by atoms with Crippen molar-refractivity contribution in [1.29, 1.82) is 0 Å². The standard InChI is InChI=1S/C23H31N3O3/c1-14-20-17(11-23(2,3)12-19(20)27)25-21(14)22(28)24-13-18(26(4)5)15-8-7-9-16(10-15)29-6/h7-10,18,25H,11-13H2,1-6H3,(H,24,28). The quantitative estimate of drug-likeness (QED) is 0.782. The van der Waals surface area contributed by atoms with Gasteiger partial charge in [0.05, 0.1) is 13.2 Å². The van der Waals surface area contributed by atoms with Crippen LogP contribution in [-0.4, -0.2) is 49.3 Å². The van der Waals surface area contributed by atoms with Crippen molar-refractivity contribution in [1.82, 2.24) is 15.2 Å². The van der Waals surface area contributed by atoms with E-state index in [0.717, 1.165) is 29.0 Å². The second-order valence-electron chi connectivity index (χ2n) is 8.89. The summed E-state index contributed by atoms with van der Waals surface area (Å²) in [5, 5.41) is 3.04. The number of aromatic amines is 1. The number of nitrogens with zero attached hydrogens (tertiary/aromatic N) is 1. The molecule has 6 nitrogen and oxygen atoms in total. The number of hydrogen-bond acceptors (Lipinski definition) is 4. The highest BCUT2D eigenvalue weighted by Crippen LogP contribution is 2.36. The summed E-state index contributed by atoms with van der Waals surface area (Å²) in [5.41, 5.74) is 3.80. The van der Waals surface area contributed by atoms with Crippen molar-refractivity contribution in [3.63, 3.8) is 0 Å². The van der Waals surface area contributed by atoms with Gasteiger partial charge in [0.25, 0.3) is 5.91 Å². The van der Waals surface area contributed by atoms with Gasteiger partial charge in [0, 0.05) is 24.2 Å². The number of benzene rings is 1. The molecule has 1 heterocycles. The van der Waals surface area contributed by atoms with Gasteiger partial charge in [-0.05, 0) is 56.1 Å². The van der Waals surface area contributed by atoms with Crippen LogP contribution >= 0.6 is 0 Å². The average molecular weight is 398 g/mol. The molecule has 6 heteroatoms. The zero-order valence-electron chi connectivity index (χ0n) is 18.2. The molecule has 0 saturated carbocycles. The topological polar surface area (TPSA) is 74.4 Å². The van der Waals surface area contributed by atoms with E-state index in [9.17, 15) is 9.59 Å². The minimum absolute atomic E-state index is 0.000455. The van der Waals surface area contributed by atoms with Crippen molar-refractivity contribution in [3.8, 4) is 5.75 Å². The van der Waals surface area contributed by atoms with Gasteiger partial charge in [-0.1, -0.05) is 26.0 Å². The van der Waals surface area contributed by atoms with Crippen molar-refractivity contribution in [2.75, 3.05) is 27.7 Å². The fourth-order valence-corrected chi connectivity index (χ4v) is 4.18. The zero-order valence-corrected chi connectivity index (χ0v) is 18.2. The lowest BCUT2D eigenvalue weighted by Gasteiger charge is -2.28. The highest BCUT2D eigenvalue weighted by Gasteiger charge is 2.35. The van der Waals surface area contributed by atoms with E-state index in [2.05, 4.69) is 29.0 Å². The van der Waals surface area contributed by atoms with Gasteiger partial charge in [0.2, 0.25) is 0 Å². The Balaban J connectivity index is 1.79.